The maximum absolute atomic E-state index is 10.4. The summed E-state index contributed by atoms with van der Waals surface area (Å²) in [6.07, 6.45) is 11.7. The SMILES string of the molecule is CCCCCCCCCCCCS(=O)(=O)O.[Dy].[H-].[Na+]. The van der Waals surface area contributed by atoms with Crippen LogP contribution < -0.4 is 29.6 Å². The van der Waals surface area contributed by atoms with E-state index in [1.807, 2.05) is 0 Å². The van der Waals surface area contributed by atoms with Gasteiger partial charge in [-0.1, -0.05) is 64.7 Å². The summed E-state index contributed by atoms with van der Waals surface area (Å²) in [4.78, 5) is 0. The van der Waals surface area contributed by atoms with Gasteiger partial charge < -0.3 is 1.43 Å². The Morgan fingerprint density at radius 2 is 1.17 bits per heavy atom. The van der Waals surface area contributed by atoms with Gasteiger partial charge in [0.05, 0.1) is 5.75 Å². The van der Waals surface area contributed by atoms with Crippen molar-refractivity contribution >= 4 is 10.1 Å². The molecular formula is C12H27DyNaO3S. The third kappa shape index (κ3) is 23.3. The Bertz CT molecular complexity index is 251. The van der Waals surface area contributed by atoms with Crippen molar-refractivity contribution in [3.05, 3.63) is 0 Å². The van der Waals surface area contributed by atoms with E-state index in [1.54, 1.807) is 0 Å². The Hall–Kier alpha value is 2.18. The average molecular weight is 437 g/mol. The van der Waals surface area contributed by atoms with Crippen LogP contribution in [0.15, 0.2) is 0 Å². The summed E-state index contributed by atoms with van der Waals surface area (Å²) in [7, 11) is -3.73. The van der Waals surface area contributed by atoms with Crippen LogP contribution in [0.1, 0.15) is 72.6 Å². The first kappa shape index (κ1) is 25.2. The molecule has 0 spiro atoms. The van der Waals surface area contributed by atoms with E-state index >= 15 is 0 Å². The van der Waals surface area contributed by atoms with Gasteiger partial charge in [-0.05, 0) is 6.42 Å². The predicted octanol–water partition coefficient (Wildman–Crippen LogP) is 0.912. The summed E-state index contributed by atoms with van der Waals surface area (Å²) >= 11 is 0. The van der Waals surface area contributed by atoms with Gasteiger partial charge in [0, 0.05) is 38.2 Å². The monoisotopic (exact) mass is 438 g/mol. The Balaban J connectivity index is -0.000000375. The van der Waals surface area contributed by atoms with Crippen LogP contribution in [0, 0.1) is 38.2 Å². The van der Waals surface area contributed by atoms with Crippen LogP contribution in [0.5, 0.6) is 0 Å². The molecule has 0 aliphatic rings. The quantitative estimate of drug-likeness (QED) is 0.297. The molecule has 0 bridgehead atoms. The van der Waals surface area contributed by atoms with Gasteiger partial charge in [0.1, 0.15) is 0 Å². The van der Waals surface area contributed by atoms with Crippen LogP contribution >= 0.6 is 0 Å². The molecule has 3 nitrogen and oxygen atoms in total. The van der Waals surface area contributed by atoms with Crippen molar-refractivity contribution in [2.24, 2.45) is 0 Å². The molecule has 0 saturated carbocycles. The fourth-order valence-corrected chi connectivity index (χ4v) is 2.34. The zero-order valence-electron chi connectivity index (χ0n) is 12.8. The summed E-state index contributed by atoms with van der Waals surface area (Å²) in [5.74, 6) is -0.0799. The molecule has 0 aromatic heterocycles. The number of hydrogen-bond acceptors (Lipinski definition) is 2. The zero-order chi connectivity index (χ0) is 12.3. The van der Waals surface area contributed by atoms with Crippen molar-refractivity contribution < 1.29 is 82.1 Å². The van der Waals surface area contributed by atoms with E-state index in [0.29, 0.717) is 6.42 Å². The molecule has 0 aromatic carbocycles. The fraction of sp³-hybridized carbons (Fsp3) is 1.00. The molecule has 0 saturated heterocycles. The molecule has 0 unspecified atom stereocenters. The largest absolute Gasteiger partial charge is 1.00 e. The summed E-state index contributed by atoms with van der Waals surface area (Å²) in [6.45, 7) is 2.22. The van der Waals surface area contributed by atoms with Crippen molar-refractivity contribution in [3.63, 3.8) is 0 Å². The molecule has 0 aliphatic heterocycles. The molecule has 18 heavy (non-hydrogen) atoms. The Morgan fingerprint density at radius 1 is 0.833 bits per heavy atom. The molecule has 0 fully saturated rings. The number of unbranched alkanes of at least 4 members (excludes halogenated alkanes) is 9. The van der Waals surface area contributed by atoms with Crippen LogP contribution in [-0.2, 0) is 10.1 Å². The maximum Gasteiger partial charge on any atom is 1.00 e. The molecular weight excluding hydrogens is 410 g/mol. The first-order valence-corrected chi connectivity index (χ1v) is 8.12. The molecule has 0 aromatic rings. The van der Waals surface area contributed by atoms with Gasteiger partial charge in [-0.25, -0.2) is 0 Å². The topological polar surface area (TPSA) is 54.4 Å². The first-order chi connectivity index (χ1) is 7.56. The molecule has 0 atom stereocenters. The van der Waals surface area contributed by atoms with Gasteiger partial charge in [0.15, 0.2) is 0 Å². The van der Waals surface area contributed by atoms with Crippen LogP contribution in [0.4, 0.5) is 0 Å². The predicted molar refractivity (Wildman–Crippen MR) is 69.4 cm³/mol. The molecule has 0 amide bonds. The molecule has 0 aliphatic carbocycles. The van der Waals surface area contributed by atoms with Gasteiger partial charge in [-0.15, -0.1) is 0 Å². The van der Waals surface area contributed by atoms with E-state index in [1.165, 1.54) is 44.9 Å². The summed E-state index contributed by atoms with van der Waals surface area (Å²) < 4.78 is 29.4. The van der Waals surface area contributed by atoms with E-state index in [2.05, 4.69) is 6.92 Å². The summed E-state index contributed by atoms with van der Waals surface area (Å²) in [6, 6.07) is 0. The molecule has 6 heteroatoms. The van der Waals surface area contributed by atoms with Crippen molar-refractivity contribution in [2.45, 2.75) is 71.1 Å². The third-order valence-corrected chi connectivity index (χ3v) is 3.56. The molecule has 110 valence electrons. The Labute approximate surface area is 167 Å². The molecule has 1 N–H and O–H groups in total. The zero-order valence-corrected chi connectivity index (χ0v) is 16.6. The second-order valence-electron chi connectivity index (χ2n) is 4.47. The normalized spacial score (nSPS) is 10.6. The van der Waals surface area contributed by atoms with E-state index in [9.17, 15) is 8.42 Å². The Kier molecular flexibility index (Phi) is 24.1. The minimum absolute atomic E-state index is 0. The fourth-order valence-electron chi connectivity index (χ4n) is 1.77. The second kappa shape index (κ2) is 17.2. The van der Waals surface area contributed by atoms with Crippen LogP contribution in [0.3, 0.4) is 0 Å². The first-order valence-electron chi connectivity index (χ1n) is 6.51. The van der Waals surface area contributed by atoms with Crippen molar-refractivity contribution in [1.29, 1.82) is 0 Å². The molecule has 0 radical (unpaired) electrons. The second-order valence-corrected chi connectivity index (χ2v) is 6.04. The maximum atomic E-state index is 10.4. The molecule has 0 heterocycles. The van der Waals surface area contributed by atoms with Crippen LogP contribution in [0.25, 0.3) is 0 Å². The van der Waals surface area contributed by atoms with Crippen molar-refractivity contribution in [1.82, 2.24) is 0 Å². The van der Waals surface area contributed by atoms with Gasteiger partial charge in [-0.3, -0.25) is 4.55 Å². The van der Waals surface area contributed by atoms with E-state index in [-0.39, 0.29) is 74.9 Å². The average Bonchev–Trinajstić information content (AvgIpc) is 2.19. The van der Waals surface area contributed by atoms with Crippen molar-refractivity contribution in [3.8, 4) is 0 Å². The summed E-state index contributed by atoms with van der Waals surface area (Å²) in [5, 5.41) is 0. The number of rotatable bonds is 11. The van der Waals surface area contributed by atoms with Crippen molar-refractivity contribution in [2.75, 3.05) is 5.75 Å². The minimum Gasteiger partial charge on any atom is -1.00 e. The third-order valence-electron chi connectivity index (χ3n) is 2.76. The van der Waals surface area contributed by atoms with Gasteiger partial charge in [0.2, 0.25) is 0 Å². The van der Waals surface area contributed by atoms with E-state index in [4.69, 9.17) is 4.55 Å². The summed E-state index contributed by atoms with van der Waals surface area (Å²) in [5.41, 5.74) is 0. The van der Waals surface area contributed by atoms with Crippen LogP contribution in [-0.4, -0.2) is 18.7 Å². The number of hydrogen-bond donors (Lipinski definition) is 1. The van der Waals surface area contributed by atoms with Gasteiger partial charge in [-0.2, -0.15) is 8.42 Å². The van der Waals surface area contributed by atoms with E-state index < -0.39 is 10.1 Å². The smallest absolute Gasteiger partial charge is 1.00 e. The minimum atomic E-state index is -3.73. The molecule has 0 rings (SSSR count). The van der Waals surface area contributed by atoms with E-state index in [0.717, 1.165) is 12.8 Å². The Morgan fingerprint density at radius 3 is 1.50 bits per heavy atom. The van der Waals surface area contributed by atoms with Crippen LogP contribution in [0.2, 0.25) is 0 Å². The van der Waals surface area contributed by atoms with Gasteiger partial charge in [0.25, 0.3) is 10.1 Å². The standard InChI is InChI=1S/C12H26O3S.Dy.Na.H/c1-2-3-4-5-6-7-8-9-10-11-12-16(13,14)15;;;/h2-12H2,1H3,(H,13,14,15);;;/q;;+1;-1. The van der Waals surface area contributed by atoms with Gasteiger partial charge >= 0.3 is 29.6 Å².